The van der Waals surface area contributed by atoms with Crippen LogP contribution in [0.2, 0.25) is 0 Å². The average Bonchev–Trinajstić information content (AvgIpc) is 3.08. The molecule has 0 aliphatic heterocycles. The fraction of sp³-hybridized carbons (Fsp3) is 0.0625. The van der Waals surface area contributed by atoms with Gasteiger partial charge in [0.25, 0.3) is 11.5 Å². The molecule has 4 heterocycles. The highest BCUT2D eigenvalue weighted by Gasteiger charge is 2.17. The van der Waals surface area contributed by atoms with Crippen LogP contribution < -0.4 is 16.6 Å². The molecule has 4 aromatic heterocycles. The third-order valence-corrected chi connectivity index (χ3v) is 7.67. The zero-order valence-electron chi connectivity index (χ0n) is 24.5. The van der Waals surface area contributed by atoms with Crippen LogP contribution in [0, 0.1) is 16.3 Å². The smallest absolute Gasteiger partial charge is 0.355 e. The number of thiol groups is 1. The van der Waals surface area contributed by atoms with E-state index in [0.717, 1.165) is 15.6 Å². The second-order valence-corrected chi connectivity index (χ2v) is 11.4. The van der Waals surface area contributed by atoms with Crippen LogP contribution in [-0.2, 0) is 13.1 Å². The fourth-order valence-electron chi connectivity index (χ4n) is 3.98. The van der Waals surface area contributed by atoms with E-state index in [1.807, 2.05) is 0 Å². The first-order valence-electron chi connectivity index (χ1n) is 13.7. The Balaban J connectivity index is 0.000000183. The van der Waals surface area contributed by atoms with Gasteiger partial charge < -0.3 is 21.3 Å². The summed E-state index contributed by atoms with van der Waals surface area (Å²) in [5.74, 6) is -2.75. The van der Waals surface area contributed by atoms with Gasteiger partial charge in [-0.05, 0) is 75.6 Å². The van der Waals surface area contributed by atoms with Crippen molar-refractivity contribution in [1.29, 1.82) is 0 Å². The summed E-state index contributed by atoms with van der Waals surface area (Å²) >= 11 is 12.3. The molecule has 5 N–H and O–H groups in total. The average molecular weight is 756 g/mol. The van der Waals surface area contributed by atoms with E-state index in [0.29, 0.717) is 12.2 Å². The Morgan fingerprint density at radius 3 is 2.08 bits per heavy atom. The molecule has 0 unspecified atom stereocenters. The summed E-state index contributed by atoms with van der Waals surface area (Å²) in [5.41, 5.74) is 6.73. The summed E-state index contributed by atoms with van der Waals surface area (Å²) in [6.07, 6.45) is 3.17. The van der Waals surface area contributed by atoms with Crippen LogP contribution in [0.5, 0.6) is 5.75 Å². The summed E-state index contributed by atoms with van der Waals surface area (Å²) in [5, 5.41) is 21.6. The van der Waals surface area contributed by atoms with E-state index in [1.54, 1.807) is 60.8 Å². The maximum atomic E-state index is 12.9. The van der Waals surface area contributed by atoms with Gasteiger partial charge in [-0.25, -0.2) is 23.5 Å². The lowest BCUT2D eigenvalue weighted by Gasteiger charge is -2.09. The monoisotopic (exact) mass is 754 g/mol. The second-order valence-electron chi connectivity index (χ2n) is 9.68. The molecule has 0 radical (unpaired) electrons. The Labute approximate surface area is 289 Å². The number of carboxylic acids is 1. The first kappa shape index (κ1) is 35.8. The number of aromatic nitrogens is 4. The van der Waals surface area contributed by atoms with E-state index < -0.39 is 17.4 Å². The number of aromatic hydroxyl groups is 1. The normalized spacial score (nSPS) is 10.4. The zero-order chi connectivity index (χ0) is 35.0. The predicted octanol–water partition coefficient (Wildman–Crippen LogP) is 5.57. The Kier molecular flexibility index (Phi) is 12.1. The van der Waals surface area contributed by atoms with Crippen molar-refractivity contribution in [2.24, 2.45) is 5.73 Å². The molecule has 0 saturated carbocycles. The number of carboxylic acid groups (broad SMARTS) is 1. The van der Waals surface area contributed by atoms with Crippen LogP contribution in [0.4, 0.5) is 8.78 Å². The van der Waals surface area contributed by atoms with Crippen LogP contribution in [0.15, 0.2) is 105 Å². The van der Waals surface area contributed by atoms with Gasteiger partial charge in [-0.1, -0.05) is 42.5 Å². The van der Waals surface area contributed by atoms with Crippen molar-refractivity contribution in [2.75, 3.05) is 0 Å². The minimum absolute atomic E-state index is 0.0910. The highest BCUT2D eigenvalue weighted by Crippen LogP contribution is 2.21. The van der Waals surface area contributed by atoms with Crippen LogP contribution >= 0.6 is 40.8 Å². The molecule has 0 saturated heterocycles. The molecule has 2 aromatic carbocycles. The molecule has 246 valence electrons. The topological polar surface area (TPSA) is 164 Å². The van der Waals surface area contributed by atoms with Gasteiger partial charge in [-0.3, -0.25) is 18.4 Å². The third-order valence-electron chi connectivity index (χ3n) is 6.41. The molecule has 16 heteroatoms. The zero-order valence-corrected chi connectivity index (χ0v) is 27.8. The summed E-state index contributed by atoms with van der Waals surface area (Å²) < 4.78 is 28.7. The number of pyridine rings is 2. The maximum Gasteiger partial charge on any atom is 0.355 e. The lowest BCUT2D eigenvalue weighted by molar-refractivity contribution is 0.0685. The van der Waals surface area contributed by atoms with Gasteiger partial charge in [0.2, 0.25) is 0 Å². The molecule has 0 bridgehead atoms. The first-order chi connectivity index (χ1) is 22.9. The minimum atomic E-state index is -1.26. The van der Waals surface area contributed by atoms with Crippen molar-refractivity contribution in [3.8, 4) is 5.75 Å². The lowest BCUT2D eigenvalue weighted by Crippen LogP contribution is -2.24. The molecular formula is C32H25BrF2N6O5S2. The molecule has 1 amide bonds. The standard InChI is InChI=1S/C16H11BrFN3O2S.C9H6N2O3S.C7H8FN/c17-10-3-6-12-20-13(14(22)16(24)21(12)8-10)15(23)19-7-9-1-4-11(18)5-2-9;12-8-7(15)6(9(13)14)10-5-3-1-2-4-11(5)8;8-7-3-1-6(5-9)2-4-7/h1-6,8,22H,7H2,(H,19,23);1-4,15H,(H,13,14);1-4H,5,9H2. The van der Waals surface area contributed by atoms with Gasteiger partial charge in [0.05, 0.1) is 0 Å². The van der Waals surface area contributed by atoms with Crippen molar-refractivity contribution in [1.82, 2.24) is 24.1 Å². The number of halogens is 3. The highest BCUT2D eigenvalue weighted by molar-refractivity contribution is 9.10. The van der Waals surface area contributed by atoms with Crippen LogP contribution in [0.3, 0.4) is 0 Å². The Bertz CT molecular complexity index is 2230. The Hall–Kier alpha value is -5.03. The molecule has 0 fully saturated rings. The molecule has 0 atom stereocenters. The van der Waals surface area contributed by atoms with Gasteiger partial charge in [-0.2, -0.15) is 0 Å². The van der Waals surface area contributed by atoms with Crippen LogP contribution in [0.25, 0.3) is 11.3 Å². The number of fused-ring (bicyclic) bond motifs is 2. The van der Waals surface area contributed by atoms with Gasteiger partial charge >= 0.3 is 5.97 Å². The number of hydrogen-bond acceptors (Lipinski definition) is 9. The van der Waals surface area contributed by atoms with Gasteiger partial charge in [0, 0.05) is 30.0 Å². The number of nitrogens with two attached hydrogens (primary N) is 1. The van der Waals surface area contributed by atoms with E-state index in [9.17, 15) is 28.3 Å². The summed E-state index contributed by atoms with van der Waals surface area (Å²) in [6.45, 7) is 0.652. The number of rotatable bonds is 5. The number of benzene rings is 2. The van der Waals surface area contributed by atoms with E-state index in [4.69, 9.17) is 23.1 Å². The quantitative estimate of drug-likeness (QED) is 0.112. The van der Waals surface area contributed by atoms with Crippen molar-refractivity contribution in [3.05, 3.63) is 145 Å². The largest absolute Gasteiger partial charge is 0.503 e. The molecule has 6 rings (SSSR count). The molecule has 0 spiro atoms. The number of aromatic carboxylic acids is 1. The first-order valence-corrected chi connectivity index (χ1v) is 15.4. The lowest BCUT2D eigenvalue weighted by atomic mass is 10.2. The minimum Gasteiger partial charge on any atom is -0.503 e. The van der Waals surface area contributed by atoms with Gasteiger partial charge in [0.1, 0.15) is 27.8 Å². The van der Waals surface area contributed by atoms with E-state index in [2.05, 4.69) is 43.8 Å². The molecular weight excluding hydrogens is 730 g/mol. The summed E-state index contributed by atoms with van der Waals surface area (Å²) in [6, 6.07) is 20.2. The molecule has 11 nitrogen and oxygen atoms in total. The molecule has 48 heavy (non-hydrogen) atoms. The molecule has 6 aromatic rings. The predicted molar refractivity (Wildman–Crippen MR) is 183 cm³/mol. The second kappa shape index (κ2) is 16.2. The Morgan fingerprint density at radius 2 is 1.48 bits per heavy atom. The van der Waals surface area contributed by atoms with Gasteiger partial charge in [-0.15, -0.1) is 12.6 Å². The van der Waals surface area contributed by atoms with Crippen LogP contribution in [0.1, 0.15) is 32.1 Å². The Morgan fingerprint density at radius 1 is 0.896 bits per heavy atom. The summed E-state index contributed by atoms with van der Waals surface area (Å²) in [4.78, 5) is 42.5. The van der Waals surface area contributed by atoms with Crippen LogP contribution in [-0.4, -0.2) is 40.9 Å². The van der Waals surface area contributed by atoms with Crippen molar-refractivity contribution in [2.45, 2.75) is 18.0 Å². The number of hydrogen-bond donors (Lipinski definition) is 5. The van der Waals surface area contributed by atoms with Crippen molar-refractivity contribution in [3.63, 3.8) is 0 Å². The van der Waals surface area contributed by atoms with Gasteiger partial charge in [0.15, 0.2) is 21.8 Å². The SMILES string of the molecule is NCc1ccc(F)cc1.O=C(NCc1ccc(F)cc1)c1nc2ccc(Br)cn2c(=S)c1O.O=C(O)c1nc2ccccn2c(=O)c1S. The van der Waals surface area contributed by atoms with Crippen molar-refractivity contribution < 1.29 is 28.6 Å². The van der Waals surface area contributed by atoms with E-state index in [1.165, 1.54) is 39.3 Å². The molecule has 0 aliphatic carbocycles. The van der Waals surface area contributed by atoms with Crippen molar-refractivity contribution >= 4 is 63.9 Å². The fourth-order valence-corrected chi connectivity index (χ4v) is 4.81. The number of nitrogens with one attached hydrogen (secondary N) is 1. The third kappa shape index (κ3) is 8.86. The molecule has 0 aliphatic rings. The number of nitrogens with zero attached hydrogens (tertiary/aromatic N) is 4. The summed E-state index contributed by atoms with van der Waals surface area (Å²) in [7, 11) is 0. The highest BCUT2D eigenvalue weighted by atomic mass is 79.9. The number of carbonyl (C=O) groups excluding carboxylic acids is 1. The van der Waals surface area contributed by atoms with E-state index >= 15 is 0 Å². The maximum absolute atomic E-state index is 12.9. The number of carbonyl (C=O) groups is 2. The van der Waals surface area contributed by atoms with E-state index in [-0.39, 0.29) is 50.5 Å². The number of amides is 1.